The van der Waals surface area contributed by atoms with E-state index in [0.717, 1.165) is 25.1 Å². The Morgan fingerprint density at radius 2 is 2.05 bits per heavy atom. The standard InChI is InChI=1S/C14H24N4O/c1-17-6-8-18(9-7-17)5-2-10-19-14-4-3-13(11-15)12-16-14/h3-4,12H,2,5-11,15H2,1H3. The Kier molecular flexibility index (Phi) is 5.57. The normalized spacial score (nSPS) is 17.6. The second-order valence-corrected chi connectivity index (χ2v) is 5.06. The molecule has 2 N–H and O–H groups in total. The van der Waals surface area contributed by atoms with E-state index in [1.165, 1.54) is 26.2 Å². The summed E-state index contributed by atoms with van der Waals surface area (Å²) in [5.74, 6) is 0.690. The molecule has 5 nitrogen and oxygen atoms in total. The van der Waals surface area contributed by atoms with Gasteiger partial charge < -0.3 is 20.3 Å². The van der Waals surface area contributed by atoms with Crippen LogP contribution in [0, 0.1) is 0 Å². The number of hydrogen-bond donors (Lipinski definition) is 1. The molecule has 1 aromatic rings. The maximum atomic E-state index is 5.63. The third-order valence-electron chi connectivity index (χ3n) is 3.50. The highest BCUT2D eigenvalue weighted by Crippen LogP contribution is 2.07. The molecule has 0 unspecified atom stereocenters. The molecule has 1 fully saturated rings. The van der Waals surface area contributed by atoms with E-state index in [0.29, 0.717) is 12.4 Å². The molecule has 0 spiro atoms. The van der Waals surface area contributed by atoms with Crippen molar-refractivity contribution in [3.05, 3.63) is 23.9 Å². The minimum Gasteiger partial charge on any atom is -0.478 e. The topological polar surface area (TPSA) is 54.6 Å². The third kappa shape index (κ3) is 4.78. The molecule has 0 atom stereocenters. The van der Waals surface area contributed by atoms with E-state index in [9.17, 15) is 0 Å². The van der Waals surface area contributed by atoms with E-state index in [-0.39, 0.29) is 0 Å². The van der Waals surface area contributed by atoms with Crippen molar-refractivity contribution in [2.45, 2.75) is 13.0 Å². The van der Waals surface area contributed by atoms with Crippen LogP contribution in [0.4, 0.5) is 0 Å². The van der Waals surface area contributed by atoms with Crippen LogP contribution in [0.3, 0.4) is 0 Å². The number of rotatable bonds is 6. The Morgan fingerprint density at radius 3 is 2.68 bits per heavy atom. The van der Waals surface area contributed by atoms with Gasteiger partial charge in [-0.05, 0) is 19.0 Å². The van der Waals surface area contributed by atoms with Crippen molar-refractivity contribution in [3.63, 3.8) is 0 Å². The van der Waals surface area contributed by atoms with Gasteiger partial charge in [-0.25, -0.2) is 4.98 Å². The fourth-order valence-electron chi connectivity index (χ4n) is 2.15. The summed E-state index contributed by atoms with van der Waals surface area (Å²) in [6.07, 6.45) is 2.82. The summed E-state index contributed by atoms with van der Waals surface area (Å²) in [5.41, 5.74) is 6.56. The first kappa shape index (κ1) is 14.2. The molecule has 5 heteroatoms. The highest BCUT2D eigenvalue weighted by atomic mass is 16.5. The lowest BCUT2D eigenvalue weighted by molar-refractivity contribution is 0.145. The fourth-order valence-corrected chi connectivity index (χ4v) is 2.15. The molecule has 0 aliphatic carbocycles. The number of piperazine rings is 1. The summed E-state index contributed by atoms with van der Waals surface area (Å²) in [6.45, 7) is 7.03. The van der Waals surface area contributed by atoms with Crippen molar-refractivity contribution < 1.29 is 4.74 Å². The lowest BCUT2D eigenvalue weighted by Crippen LogP contribution is -2.44. The Balaban J connectivity index is 1.61. The van der Waals surface area contributed by atoms with Crippen LogP contribution >= 0.6 is 0 Å². The summed E-state index contributed by atoms with van der Waals surface area (Å²) in [6, 6.07) is 3.85. The van der Waals surface area contributed by atoms with Gasteiger partial charge in [-0.15, -0.1) is 0 Å². The zero-order valence-electron chi connectivity index (χ0n) is 11.7. The van der Waals surface area contributed by atoms with Crippen LogP contribution in [-0.4, -0.2) is 61.2 Å². The number of aromatic nitrogens is 1. The lowest BCUT2D eigenvalue weighted by atomic mass is 10.3. The van der Waals surface area contributed by atoms with E-state index in [1.54, 1.807) is 6.20 Å². The second kappa shape index (κ2) is 7.43. The van der Waals surface area contributed by atoms with Crippen LogP contribution in [0.15, 0.2) is 18.3 Å². The van der Waals surface area contributed by atoms with Crippen LogP contribution in [0.5, 0.6) is 5.88 Å². The molecule has 0 amide bonds. The SMILES string of the molecule is CN1CCN(CCCOc2ccc(CN)cn2)CC1. The van der Waals surface area contributed by atoms with Crippen molar-refractivity contribution in [3.8, 4) is 5.88 Å². The number of nitrogens with two attached hydrogens (primary N) is 1. The predicted molar refractivity (Wildman–Crippen MR) is 76.2 cm³/mol. The Morgan fingerprint density at radius 1 is 1.26 bits per heavy atom. The summed E-state index contributed by atoms with van der Waals surface area (Å²) in [4.78, 5) is 9.09. The van der Waals surface area contributed by atoms with Gasteiger partial charge in [-0.2, -0.15) is 0 Å². The Bertz CT molecular complexity index is 360. The molecular weight excluding hydrogens is 240 g/mol. The van der Waals surface area contributed by atoms with Crippen molar-refractivity contribution in [1.29, 1.82) is 0 Å². The van der Waals surface area contributed by atoms with Crippen LogP contribution in [0.1, 0.15) is 12.0 Å². The van der Waals surface area contributed by atoms with Gasteiger partial charge in [-0.3, -0.25) is 0 Å². The van der Waals surface area contributed by atoms with Crippen molar-refractivity contribution in [2.24, 2.45) is 5.73 Å². The molecule has 1 aliphatic heterocycles. The van der Waals surface area contributed by atoms with Crippen LogP contribution < -0.4 is 10.5 Å². The Labute approximate surface area is 115 Å². The lowest BCUT2D eigenvalue weighted by Gasteiger charge is -2.32. The fraction of sp³-hybridized carbons (Fsp3) is 0.643. The van der Waals surface area contributed by atoms with Gasteiger partial charge in [0.1, 0.15) is 0 Å². The van der Waals surface area contributed by atoms with Crippen LogP contribution in [0.2, 0.25) is 0 Å². The molecule has 1 aromatic heterocycles. The first-order valence-corrected chi connectivity index (χ1v) is 6.96. The summed E-state index contributed by atoms with van der Waals surface area (Å²) >= 11 is 0. The maximum Gasteiger partial charge on any atom is 0.213 e. The van der Waals surface area contributed by atoms with Crippen LogP contribution in [0.25, 0.3) is 0 Å². The molecule has 1 aliphatic rings. The van der Waals surface area contributed by atoms with Gasteiger partial charge in [-0.1, -0.05) is 6.07 Å². The van der Waals surface area contributed by atoms with Gasteiger partial charge in [0.05, 0.1) is 6.61 Å². The molecule has 106 valence electrons. The number of pyridine rings is 1. The summed E-state index contributed by atoms with van der Waals surface area (Å²) < 4.78 is 5.63. The van der Waals surface area contributed by atoms with E-state index < -0.39 is 0 Å². The maximum absolute atomic E-state index is 5.63. The Hall–Kier alpha value is -1.17. The van der Waals surface area contributed by atoms with Gasteiger partial charge in [0.2, 0.25) is 5.88 Å². The molecule has 1 saturated heterocycles. The quantitative estimate of drug-likeness (QED) is 0.761. The van der Waals surface area contributed by atoms with E-state index in [4.69, 9.17) is 10.5 Å². The van der Waals surface area contributed by atoms with Crippen LogP contribution in [-0.2, 0) is 6.54 Å². The van der Waals surface area contributed by atoms with E-state index in [1.807, 2.05) is 12.1 Å². The minimum absolute atomic E-state index is 0.524. The molecule has 19 heavy (non-hydrogen) atoms. The van der Waals surface area contributed by atoms with Gasteiger partial charge >= 0.3 is 0 Å². The van der Waals surface area contributed by atoms with Crippen molar-refractivity contribution in [1.82, 2.24) is 14.8 Å². The molecule has 0 bridgehead atoms. The highest BCUT2D eigenvalue weighted by Gasteiger charge is 2.12. The summed E-state index contributed by atoms with van der Waals surface area (Å²) in [7, 11) is 2.18. The van der Waals surface area contributed by atoms with Gasteiger partial charge in [0.25, 0.3) is 0 Å². The first-order chi connectivity index (χ1) is 9.28. The van der Waals surface area contributed by atoms with Crippen molar-refractivity contribution >= 4 is 0 Å². The summed E-state index contributed by atoms with van der Waals surface area (Å²) in [5, 5.41) is 0. The van der Waals surface area contributed by atoms with Crippen molar-refractivity contribution in [2.75, 3.05) is 46.4 Å². The minimum atomic E-state index is 0.524. The molecular formula is C14H24N4O. The average Bonchev–Trinajstić information content (AvgIpc) is 2.46. The van der Waals surface area contributed by atoms with E-state index >= 15 is 0 Å². The molecule has 0 radical (unpaired) electrons. The van der Waals surface area contributed by atoms with E-state index in [2.05, 4.69) is 21.8 Å². The number of hydrogen-bond acceptors (Lipinski definition) is 5. The molecule has 2 rings (SSSR count). The van der Waals surface area contributed by atoms with Gasteiger partial charge in [0.15, 0.2) is 0 Å². The smallest absolute Gasteiger partial charge is 0.213 e. The number of likely N-dealkylation sites (N-methyl/N-ethyl adjacent to an activating group) is 1. The average molecular weight is 264 g/mol. The first-order valence-electron chi connectivity index (χ1n) is 6.96. The third-order valence-corrected chi connectivity index (χ3v) is 3.50. The highest BCUT2D eigenvalue weighted by molar-refractivity contribution is 5.17. The number of ether oxygens (including phenoxy) is 1. The predicted octanol–water partition coefficient (Wildman–Crippen LogP) is 0.557. The zero-order valence-corrected chi connectivity index (χ0v) is 11.7. The zero-order chi connectivity index (χ0) is 13.5. The monoisotopic (exact) mass is 264 g/mol. The second-order valence-electron chi connectivity index (χ2n) is 5.06. The molecule has 0 saturated carbocycles. The largest absolute Gasteiger partial charge is 0.478 e. The number of nitrogens with zero attached hydrogens (tertiary/aromatic N) is 3. The molecule has 0 aromatic carbocycles. The van der Waals surface area contributed by atoms with Gasteiger partial charge in [0, 0.05) is 51.5 Å². The molecule has 2 heterocycles.